The van der Waals surface area contributed by atoms with Crippen molar-refractivity contribution < 1.29 is 19.2 Å². The summed E-state index contributed by atoms with van der Waals surface area (Å²) < 4.78 is 13.4. The molecule has 0 spiro atoms. The molecule has 0 atom stereocenters. The van der Waals surface area contributed by atoms with E-state index in [-0.39, 0.29) is 5.00 Å². The molecule has 2 heterocycles. The lowest BCUT2D eigenvalue weighted by Crippen LogP contribution is -2.12. The van der Waals surface area contributed by atoms with Crippen LogP contribution >= 0.6 is 22.7 Å². The zero-order chi connectivity index (χ0) is 19.6. The Morgan fingerprint density at radius 2 is 1.89 bits per heavy atom. The summed E-state index contributed by atoms with van der Waals surface area (Å²) in [6.07, 6.45) is 2.80. The summed E-state index contributed by atoms with van der Waals surface area (Å²) in [5.41, 5.74) is 0.784. The van der Waals surface area contributed by atoms with Crippen LogP contribution in [0, 0.1) is 10.1 Å². The Morgan fingerprint density at radius 3 is 2.52 bits per heavy atom. The van der Waals surface area contributed by atoms with E-state index in [9.17, 15) is 14.9 Å². The summed E-state index contributed by atoms with van der Waals surface area (Å²) >= 11 is 2.30. The van der Waals surface area contributed by atoms with Crippen molar-refractivity contribution in [3.05, 3.63) is 50.1 Å². The minimum Gasteiger partial charge on any atom is -0.495 e. The molecule has 0 bridgehead atoms. The summed E-state index contributed by atoms with van der Waals surface area (Å²) in [5, 5.41) is 10.7. The first-order chi connectivity index (χ1) is 12.9. The van der Waals surface area contributed by atoms with Crippen molar-refractivity contribution in [2.24, 2.45) is 12.0 Å². The number of nitro groups is 1. The Bertz CT molecular complexity index is 1120. The van der Waals surface area contributed by atoms with Crippen LogP contribution in [-0.2, 0) is 11.8 Å². The van der Waals surface area contributed by atoms with Gasteiger partial charge in [0.05, 0.1) is 19.1 Å². The number of carbonyl (C=O) groups excluding carboxylic acids is 1. The molecule has 2 aromatic heterocycles. The molecule has 8 nitrogen and oxygen atoms in total. The second kappa shape index (κ2) is 7.72. The number of hydrogen-bond acceptors (Lipinski definition) is 7. The SMILES string of the molecule is COc1ccc(OC)c2c1sc(=NC(=O)/C=C/c1ccc([N+](=O)[O-])s1)n2C. The van der Waals surface area contributed by atoms with Gasteiger partial charge in [-0.2, -0.15) is 4.99 Å². The van der Waals surface area contributed by atoms with Gasteiger partial charge in [0.1, 0.15) is 21.7 Å². The standard InChI is InChI=1S/C17H15N3O5S2/c1-19-15-11(24-2)6-7-12(25-3)16(15)27-17(19)18-13(21)8-4-10-5-9-14(26-10)20(22)23/h4-9H,1-3H3/b8-4+,18-17?. The molecule has 0 unspecified atom stereocenters. The number of methoxy groups -OCH3 is 2. The molecule has 1 amide bonds. The van der Waals surface area contributed by atoms with Crippen molar-refractivity contribution in [2.75, 3.05) is 14.2 Å². The largest absolute Gasteiger partial charge is 0.495 e. The van der Waals surface area contributed by atoms with E-state index in [1.165, 1.54) is 29.6 Å². The molecule has 0 saturated carbocycles. The van der Waals surface area contributed by atoms with Crippen molar-refractivity contribution in [2.45, 2.75) is 0 Å². The first-order valence-corrected chi connectivity index (χ1v) is 9.29. The highest BCUT2D eigenvalue weighted by atomic mass is 32.1. The monoisotopic (exact) mass is 405 g/mol. The van der Waals surface area contributed by atoms with Gasteiger partial charge in [0.25, 0.3) is 5.91 Å². The number of aromatic nitrogens is 1. The summed E-state index contributed by atoms with van der Waals surface area (Å²) in [6, 6.07) is 6.58. The average molecular weight is 405 g/mol. The minimum absolute atomic E-state index is 0.0223. The van der Waals surface area contributed by atoms with Crippen LogP contribution in [0.5, 0.6) is 11.5 Å². The first-order valence-electron chi connectivity index (χ1n) is 7.66. The lowest BCUT2D eigenvalue weighted by Gasteiger charge is -2.06. The molecule has 10 heteroatoms. The third-order valence-corrected chi connectivity index (χ3v) is 5.85. The number of amides is 1. The van der Waals surface area contributed by atoms with Crippen LogP contribution in [0.15, 0.2) is 35.3 Å². The molecule has 27 heavy (non-hydrogen) atoms. The number of rotatable bonds is 5. The molecular formula is C17H15N3O5S2. The number of aryl methyl sites for hydroxylation is 1. The van der Waals surface area contributed by atoms with Gasteiger partial charge in [0.2, 0.25) is 0 Å². The topological polar surface area (TPSA) is 96.0 Å². The number of carbonyl (C=O) groups is 1. The Balaban J connectivity index is 1.97. The molecular weight excluding hydrogens is 390 g/mol. The fourth-order valence-electron chi connectivity index (χ4n) is 2.44. The second-order valence-corrected chi connectivity index (χ2v) is 7.38. The number of hydrogen-bond donors (Lipinski definition) is 0. The van der Waals surface area contributed by atoms with Gasteiger partial charge in [0.15, 0.2) is 4.80 Å². The molecule has 0 saturated heterocycles. The minimum atomic E-state index is -0.467. The molecule has 0 aliphatic carbocycles. The Labute approximate surface area is 161 Å². The normalized spacial score (nSPS) is 12.0. The number of thiophene rings is 1. The predicted molar refractivity (Wildman–Crippen MR) is 104 cm³/mol. The molecule has 0 aliphatic heterocycles. The Morgan fingerprint density at radius 1 is 1.19 bits per heavy atom. The molecule has 3 aromatic rings. The van der Waals surface area contributed by atoms with Gasteiger partial charge in [0, 0.05) is 24.1 Å². The highest BCUT2D eigenvalue weighted by Crippen LogP contribution is 2.34. The van der Waals surface area contributed by atoms with Crippen molar-refractivity contribution in [3.8, 4) is 11.5 Å². The molecule has 1 aromatic carbocycles. The maximum Gasteiger partial charge on any atom is 0.324 e. The van der Waals surface area contributed by atoms with E-state index in [0.717, 1.165) is 21.6 Å². The predicted octanol–water partition coefficient (Wildman–Crippen LogP) is 3.37. The fourth-order valence-corrected chi connectivity index (χ4v) is 4.30. The molecule has 0 aliphatic rings. The van der Waals surface area contributed by atoms with Crippen LogP contribution in [0.3, 0.4) is 0 Å². The average Bonchev–Trinajstić information content (AvgIpc) is 3.25. The first kappa shape index (κ1) is 18.8. The van der Waals surface area contributed by atoms with E-state index < -0.39 is 10.8 Å². The third-order valence-electron chi connectivity index (χ3n) is 3.70. The highest BCUT2D eigenvalue weighted by molar-refractivity contribution is 7.17. The van der Waals surface area contributed by atoms with E-state index in [1.54, 1.807) is 44.0 Å². The summed E-state index contributed by atoms with van der Waals surface area (Å²) in [7, 11) is 4.94. The van der Waals surface area contributed by atoms with Crippen LogP contribution in [-0.4, -0.2) is 29.6 Å². The number of benzene rings is 1. The van der Waals surface area contributed by atoms with Crippen molar-refractivity contribution in [1.29, 1.82) is 0 Å². The fraction of sp³-hybridized carbons (Fsp3) is 0.176. The van der Waals surface area contributed by atoms with Gasteiger partial charge in [-0.1, -0.05) is 22.7 Å². The maximum atomic E-state index is 12.2. The van der Waals surface area contributed by atoms with Crippen molar-refractivity contribution in [3.63, 3.8) is 0 Å². The summed E-state index contributed by atoms with van der Waals surface area (Å²) in [5.74, 6) is 0.854. The zero-order valence-corrected chi connectivity index (χ0v) is 16.3. The molecule has 0 N–H and O–H groups in total. The van der Waals surface area contributed by atoms with Gasteiger partial charge in [-0.3, -0.25) is 14.9 Å². The number of nitrogens with zero attached hydrogens (tertiary/aromatic N) is 3. The van der Waals surface area contributed by atoms with E-state index in [0.29, 0.717) is 21.2 Å². The van der Waals surface area contributed by atoms with E-state index in [1.807, 2.05) is 0 Å². The Kier molecular flexibility index (Phi) is 5.38. The van der Waals surface area contributed by atoms with Gasteiger partial charge >= 0.3 is 5.00 Å². The Hall–Kier alpha value is -2.98. The van der Waals surface area contributed by atoms with Crippen molar-refractivity contribution in [1.82, 2.24) is 4.57 Å². The van der Waals surface area contributed by atoms with Crippen LogP contribution in [0.2, 0.25) is 0 Å². The zero-order valence-electron chi connectivity index (χ0n) is 14.7. The molecule has 0 fully saturated rings. The lowest BCUT2D eigenvalue weighted by atomic mass is 10.3. The quantitative estimate of drug-likeness (QED) is 0.368. The number of fused-ring (bicyclic) bond motifs is 1. The van der Waals surface area contributed by atoms with E-state index in [2.05, 4.69) is 4.99 Å². The van der Waals surface area contributed by atoms with Gasteiger partial charge in [-0.25, -0.2) is 0 Å². The van der Waals surface area contributed by atoms with Crippen molar-refractivity contribution >= 4 is 49.9 Å². The molecule has 140 valence electrons. The van der Waals surface area contributed by atoms with Crippen LogP contribution in [0.25, 0.3) is 16.3 Å². The number of thiazole rings is 1. The second-order valence-electron chi connectivity index (χ2n) is 5.31. The maximum absolute atomic E-state index is 12.2. The van der Waals surface area contributed by atoms with Gasteiger partial charge in [-0.15, -0.1) is 0 Å². The van der Waals surface area contributed by atoms with Gasteiger partial charge < -0.3 is 14.0 Å². The smallest absolute Gasteiger partial charge is 0.324 e. The number of ether oxygens (including phenoxy) is 2. The van der Waals surface area contributed by atoms with E-state index >= 15 is 0 Å². The lowest BCUT2D eigenvalue weighted by molar-refractivity contribution is -0.380. The third kappa shape index (κ3) is 3.76. The summed E-state index contributed by atoms with van der Waals surface area (Å²) in [4.78, 5) is 27.7. The van der Waals surface area contributed by atoms with Crippen LogP contribution in [0.1, 0.15) is 4.88 Å². The molecule has 3 rings (SSSR count). The van der Waals surface area contributed by atoms with Gasteiger partial charge in [-0.05, 0) is 24.3 Å². The summed E-state index contributed by atoms with van der Waals surface area (Å²) in [6.45, 7) is 0. The van der Waals surface area contributed by atoms with E-state index in [4.69, 9.17) is 9.47 Å². The highest BCUT2D eigenvalue weighted by Gasteiger charge is 2.14. The van der Waals surface area contributed by atoms with Crippen LogP contribution in [0.4, 0.5) is 5.00 Å². The molecule has 0 radical (unpaired) electrons. The van der Waals surface area contributed by atoms with Crippen LogP contribution < -0.4 is 14.3 Å².